The summed E-state index contributed by atoms with van der Waals surface area (Å²) in [6.07, 6.45) is 1.25. The van der Waals surface area contributed by atoms with Gasteiger partial charge in [0.15, 0.2) is 5.69 Å². The number of hydrogen-bond donors (Lipinski definition) is 3. The van der Waals surface area contributed by atoms with Crippen molar-refractivity contribution in [3.8, 4) is 11.4 Å². The SMILES string of the molecule is COCCN1CCN(c2ccc(Nc3cnn(-c4ccc(CNC(=O)c5cc(F)ccc5OC)cc4)c3C(N)=O)nc2[C@@H](C)OC)CC1. The number of rotatable bonds is 14. The number of pyridine rings is 1. The Labute approximate surface area is 278 Å². The molecule has 5 rings (SSSR count). The first kappa shape index (κ1) is 34.3. The van der Waals surface area contributed by atoms with E-state index in [1.54, 1.807) is 38.5 Å². The van der Waals surface area contributed by atoms with Crippen LogP contribution in [-0.2, 0) is 16.0 Å². The molecule has 0 radical (unpaired) electrons. The van der Waals surface area contributed by atoms with Gasteiger partial charge in [-0.15, -0.1) is 0 Å². The van der Waals surface area contributed by atoms with Gasteiger partial charge < -0.3 is 35.5 Å². The van der Waals surface area contributed by atoms with Crippen LogP contribution in [0.2, 0.25) is 0 Å². The van der Waals surface area contributed by atoms with Crippen molar-refractivity contribution < 1.29 is 28.2 Å². The summed E-state index contributed by atoms with van der Waals surface area (Å²) in [5.41, 5.74) is 9.60. The number of methoxy groups -OCH3 is 3. The molecule has 48 heavy (non-hydrogen) atoms. The molecule has 1 fully saturated rings. The minimum absolute atomic E-state index is 0.0984. The summed E-state index contributed by atoms with van der Waals surface area (Å²) < 4.78 is 31.2. The maximum atomic E-state index is 13.7. The van der Waals surface area contributed by atoms with E-state index in [9.17, 15) is 14.0 Å². The van der Waals surface area contributed by atoms with E-state index in [-0.39, 0.29) is 29.7 Å². The molecule has 4 aromatic rings. The number of halogens is 1. The minimum atomic E-state index is -0.677. The van der Waals surface area contributed by atoms with Crippen LogP contribution in [0.15, 0.2) is 60.8 Å². The molecule has 1 atom stereocenters. The molecular formula is C34H41FN8O5. The van der Waals surface area contributed by atoms with Crippen LogP contribution in [0.1, 0.15) is 45.1 Å². The number of anilines is 3. The lowest BCUT2D eigenvalue weighted by atomic mass is 10.1. The number of carbonyl (C=O) groups excluding carboxylic acids is 2. The van der Waals surface area contributed by atoms with Crippen molar-refractivity contribution in [1.29, 1.82) is 0 Å². The number of piperazine rings is 1. The topological polar surface area (TPSA) is 149 Å². The minimum Gasteiger partial charge on any atom is -0.496 e. The second-order valence-corrected chi connectivity index (χ2v) is 11.3. The van der Waals surface area contributed by atoms with Crippen LogP contribution in [0.25, 0.3) is 5.69 Å². The zero-order chi connectivity index (χ0) is 34.2. The predicted molar refractivity (Wildman–Crippen MR) is 180 cm³/mol. The molecule has 14 heteroatoms. The number of benzene rings is 2. The highest BCUT2D eigenvalue weighted by Crippen LogP contribution is 2.31. The van der Waals surface area contributed by atoms with Gasteiger partial charge in [0.2, 0.25) is 0 Å². The van der Waals surface area contributed by atoms with Crippen molar-refractivity contribution in [3.63, 3.8) is 0 Å². The molecule has 2 amide bonds. The number of nitrogens with zero attached hydrogens (tertiary/aromatic N) is 5. The highest BCUT2D eigenvalue weighted by Gasteiger charge is 2.24. The fraction of sp³-hybridized carbons (Fsp3) is 0.353. The number of aromatic nitrogens is 3. The van der Waals surface area contributed by atoms with Crippen molar-refractivity contribution in [2.75, 3.05) is 70.9 Å². The number of ether oxygens (including phenoxy) is 3. The fourth-order valence-corrected chi connectivity index (χ4v) is 5.55. The maximum Gasteiger partial charge on any atom is 0.269 e. The average Bonchev–Trinajstić information content (AvgIpc) is 3.53. The molecule has 1 aliphatic rings. The third-order valence-corrected chi connectivity index (χ3v) is 8.27. The lowest BCUT2D eigenvalue weighted by Gasteiger charge is -2.37. The summed E-state index contributed by atoms with van der Waals surface area (Å²) in [5.74, 6) is -0.901. The molecular weight excluding hydrogens is 619 g/mol. The van der Waals surface area contributed by atoms with Gasteiger partial charge in [0.25, 0.3) is 11.8 Å². The van der Waals surface area contributed by atoms with Gasteiger partial charge in [-0.3, -0.25) is 14.5 Å². The zero-order valence-electron chi connectivity index (χ0n) is 27.5. The van der Waals surface area contributed by atoms with Crippen LogP contribution >= 0.6 is 0 Å². The van der Waals surface area contributed by atoms with Crippen LogP contribution in [0.5, 0.6) is 5.75 Å². The molecule has 3 heterocycles. The van der Waals surface area contributed by atoms with E-state index >= 15 is 0 Å². The second kappa shape index (κ2) is 15.7. The number of nitrogens with two attached hydrogens (primary N) is 1. The largest absolute Gasteiger partial charge is 0.496 e. The van der Waals surface area contributed by atoms with Crippen LogP contribution in [0, 0.1) is 5.82 Å². The fourth-order valence-electron chi connectivity index (χ4n) is 5.55. The molecule has 0 bridgehead atoms. The van der Waals surface area contributed by atoms with Crippen LogP contribution in [0.4, 0.5) is 21.6 Å². The first-order valence-corrected chi connectivity index (χ1v) is 15.6. The summed E-state index contributed by atoms with van der Waals surface area (Å²) >= 11 is 0. The van der Waals surface area contributed by atoms with E-state index in [2.05, 4.69) is 25.5 Å². The van der Waals surface area contributed by atoms with Gasteiger partial charge in [-0.2, -0.15) is 5.10 Å². The quantitative estimate of drug-likeness (QED) is 0.183. The van der Waals surface area contributed by atoms with Gasteiger partial charge in [0.05, 0.1) is 54.3 Å². The Morgan fingerprint density at radius 2 is 1.77 bits per heavy atom. The van der Waals surface area contributed by atoms with E-state index in [0.29, 0.717) is 23.8 Å². The van der Waals surface area contributed by atoms with Crippen molar-refractivity contribution in [2.45, 2.75) is 19.6 Å². The summed E-state index contributed by atoms with van der Waals surface area (Å²) in [6, 6.07) is 14.7. The zero-order valence-corrected chi connectivity index (χ0v) is 27.5. The monoisotopic (exact) mass is 660 g/mol. The summed E-state index contributed by atoms with van der Waals surface area (Å²) in [7, 11) is 4.78. The maximum absolute atomic E-state index is 13.7. The molecule has 254 valence electrons. The normalized spacial score (nSPS) is 14.1. The first-order chi connectivity index (χ1) is 23.2. The van der Waals surface area contributed by atoms with E-state index in [1.165, 1.54) is 30.1 Å². The van der Waals surface area contributed by atoms with Gasteiger partial charge in [-0.05, 0) is 55.0 Å². The molecule has 1 aliphatic heterocycles. The van der Waals surface area contributed by atoms with Crippen molar-refractivity contribution in [3.05, 3.63) is 89.1 Å². The molecule has 2 aromatic carbocycles. The number of hydrogen-bond acceptors (Lipinski definition) is 10. The molecule has 0 unspecified atom stereocenters. The third-order valence-electron chi connectivity index (χ3n) is 8.27. The lowest BCUT2D eigenvalue weighted by Crippen LogP contribution is -2.47. The smallest absolute Gasteiger partial charge is 0.269 e. The average molecular weight is 661 g/mol. The van der Waals surface area contributed by atoms with Crippen molar-refractivity contribution >= 4 is 29.0 Å². The molecule has 4 N–H and O–H groups in total. The Balaban J connectivity index is 1.30. The Kier molecular flexibility index (Phi) is 11.2. The van der Waals surface area contributed by atoms with Crippen LogP contribution in [0.3, 0.4) is 0 Å². The number of primary amides is 1. The standard InChI is InChI=1S/C34H41FN8O5/c1-22(47-3)31-28(42-15-13-41(14-16-42)17-18-46-2)10-12-30(40-31)39-27-21-38-43(32(27)33(36)44)25-8-5-23(6-9-25)20-37-34(45)26-19-24(35)7-11-29(26)48-4/h5-12,19,21-22H,13-18,20H2,1-4H3,(H2,36,44)(H,37,45)(H,39,40)/t22-/m1/s1. The Morgan fingerprint density at radius 1 is 1.02 bits per heavy atom. The molecule has 13 nitrogen and oxygen atoms in total. The predicted octanol–water partition coefficient (Wildman–Crippen LogP) is 3.66. The van der Waals surface area contributed by atoms with Gasteiger partial charge in [-0.25, -0.2) is 14.1 Å². The van der Waals surface area contributed by atoms with Crippen LogP contribution < -0.4 is 26.0 Å². The summed E-state index contributed by atoms with van der Waals surface area (Å²) in [5, 5.41) is 10.4. The van der Waals surface area contributed by atoms with E-state index in [1.807, 2.05) is 19.1 Å². The first-order valence-electron chi connectivity index (χ1n) is 15.6. The van der Waals surface area contributed by atoms with E-state index < -0.39 is 17.6 Å². The third kappa shape index (κ3) is 7.90. The molecule has 0 spiro atoms. The van der Waals surface area contributed by atoms with Gasteiger partial charge in [-0.1, -0.05) is 12.1 Å². The Bertz CT molecular complexity index is 1720. The Hall–Kier alpha value is -5.05. The molecule has 0 aliphatic carbocycles. The van der Waals surface area contributed by atoms with Gasteiger partial charge >= 0.3 is 0 Å². The van der Waals surface area contributed by atoms with Gasteiger partial charge in [0.1, 0.15) is 17.4 Å². The lowest BCUT2D eigenvalue weighted by molar-refractivity contribution is 0.0946. The number of carbonyl (C=O) groups is 2. The second-order valence-electron chi connectivity index (χ2n) is 11.3. The van der Waals surface area contributed by atoms with E-state index in [0.717, 1.165) is 55.7 Å². The number of amides is 2. The molecule has 2 aromatic heterocycles. The highest BCUT2D eigenvalue weighted by molar-refractivity contribution is 5.98. The highest BCUT2D eigenvalue weighted by atomic mass is 19.1. The van der Waals surface area contributed by atoms with E-state index in [4.69, 9.17) is 24.9 Å². The van der Waals surface area contributed by atoms with Crippen LogP contribution in [-0.4, -0.2) is 92.1 Å². The summed E-state index contributed by atoms with van der Waals surface area (Å²) in [4.78, 5) is 34.9. The van der Waals surface area contributed by atoms with Crippen molar-refractivity contribution in [2.24, 2.45) is 5.73 Å². The Morgan fingerprint density at radius 3 is 2.44 bits per heavy atom. The molecule has 0 saturated carbocycles. The van der Waals surface area contributed by atoms with Gasteiger partial charge in [0, 0.05) is 53.5 Å². The molecule has 1 saturated heterocycles. The number of nitrogens with one attached hydrogen (secondary N) is 2. The van der Waals surface area contributed by atoms with Crippen molar-refractivity contribution in [1.82, 2.24) is 25.0 Å². The summed E-state index contributed by atoms with van der Waals surface area (Å²) in [6.45, 7) is 7.29.